The van der Waals surface area contributed by atoms with Crippen LogP contribution in [0.15, 0.2) is 65.5 Å². The third-order valence-corrected chi connectivity index (χ3v) is 5.43. The number of hydrogen-bond acceptors (Lipinski definition) is 6. The number of amides is 1. The molecular formula is C22H20FN5O2. The molecule has 2 aliphatic heterocycles. The number of hydrazine groups is 1. The van der Waals surface area contributed by atoms with E-state index in [0.29, 0.717) is 23.7 Å². The zero-order valence-electron chi connectivity index (χ0n) is 16.3. The normalized spacial score (nSPS) is 20.7. The summed E-state index contributed by atoms with van der Waals surface area (Å²) in [6.45, 7) is 2.24. The first-order valence-electron chi connectivity index (χ1n) is 9.75. The number of benzene rings is 2. The highest BCUT2D eigenvalue weighted by Gasteiger charge is 2.40. The zero-order chi connectivity index (χ0) is 20.7. The van der Waals surface area contributed by atoms with Crippen molar-refractivity contribution in [1.82, 2.24) is 25.5 Å². The van der Waals surface area contributed by atoms with Crippen LogP contribution in [-0.2, 0) is 11.3 Å². The van der Waals surface area contributed by atoms with Crippen LogP contribution in [0.5, 0.6) is 0 Å². The Hall–Kier alpha value is -3.52. The molecule has 1 amide bonds. The van der Waals surface area contributed by atoms with E-state index < -0.39 is 0 Å². The maximum absolute atomic E-state index is 13.1. The molecule has 2 aliphatic rings. The summed E-state index contributed by atoms with van der Waals surface area (Å²) >= 11 is 0. The Morgan fingerprint density at radius 3 is 2.67 bits per heavy atom. The van der Waals surface area contributed by atoms with Crippen molar-refractivity contribution in [2.24, 2.45) is 0 Å². The van der Waals surface area contributed by atoms with Crippen LogP contribution in [-0.4, -0.2) is 32.0 Å². The predicted octanol–water partition coefficient (Wildman–Crippen LogP) is 3.32. The fraction of sp³-hybridized carbons (Fsp3) is 0.227. The quantitative estimate of drug-likeness (QED) is 0.718. The minimum absolute atomic E-state index is 0.0267. The summed E-state index contributed by atoms with van der Waals surface area (Å²) in [7, 11) is 0. The highest BCUT2D eigenvalue weighted by Crippen LogP contribution is 2.31. The average molecular weight is 405 g/mol. The minimum Gasteiger partial charge on any atom is -0.337 e. The van der Waals surface area contributed by atoms with E-state index in [9.17, 15) is 9.18 Å². The number of halogens is 1. The van der Waals surface area contributed by atoms with Crippen molar-refractivity contribution in [1.29, 1.82) is 0 Å². The van der Waals surface area contributed by atoms with Gasteiger partial charge in [-0.1, -0.05) is 35.0 Å². The van der Waals surface area contributed by atoms with Crippen molar-refractivity contribution < 1.29 is 13.7 Å². The molecule has 1 saturated heterocycles. The van der Waals surface area contributed by atoms with Crippen LogP contribution in [0, 0.1) is 12.7 Å². The first-order chi connectivity index (χ1) is 14.6. The van der Waals surface area contributed by atoms with Crippen molar-refractivity contribution in [2.45, 2.75) is 32.0 Å². The Bertz CT molecular complexity index is 1090. The molecule has 2 unspecified atom stereocenters. The number of aryl methyl sites for hydroxylation is 1. The van der Waals surface area contributed by atoms with Gasteiger partial charge >= 0.3 is 0 Å². The van der Waals surface area contributed by atoms with Gasteiger partial charge in [-0.25, -0.2) is 9.82 Å². The van der Waals surface area contributed by atoms with Crippen LogP contribution in [0.2, 0.25) is 0 Å². The van der Waals surface area contributed by atoms with Crippen molar-refractivity contribution in [3.63, 3.8) is 0 Å². The van der Waals surface area contributed by atoms with Crippen LogP contribution in [0.25, 0.3) is 11.4 Å². The van der Waals surface area contributed by atoms with Crippen molar-refractivity contribution >= 4 is 5.91 Å². The van der Waals surface area contributed by atoms with Crippen molar-refractivity contribution in [3.05, 3.63) is 83.8 Å². The van der Waals surface area contributed by atoms with E-state index in [4.69, 9.17) is 4.52 Å². The number of fused-ring (bicyclic) bond motifs is 1. The van der Waals surface area contributed by atoms with E-state index in [1.807, 2.05) is 11.2 Å². The molecule has 1 fully saturated rings. The zero-order valence-corrected chi connectivity index (χ0v) is 16.3. The molecule has 3 aromatic rings. The fourth-order valence-electron chi connectivity index (χ4n) is 3.76. The van der Waals surface area contributed by atoms with E-state index in [2.05, 4.69) is 46.8 Å². The van der Waals surface area contributed by atoms with Gasteiger partial charge in [-0.05, 0) is 43.2 Å². The van der Waals surface area contributed by atoms with E-state index in [0.717, 1.165) is 5.56 Å². The number of carbonyl (C=O) groups excluding carboxylic acids is 1. The summed E-state index contributed by atoms with van der Waals surface area (Å²) in [5.41, 5.74) is 6.40. The molecule has 8 heteroatoms. The largest absolute Gasteiger partial charge is 0.337 e. The maximum Gasteiger partial charge on any atom is 0.251 e. The minimum atomic E-state index is -0.329. The molecule has 2 atom stereocenters. The van der Waals surface area contributed by atoms with E-state index in [1.165, 1.54) is 17.7 Å². The highest BCUT2D eigenvalue weighted by molar-refractivity contribution is 5.84. The van der Waals surface area contributed by atoms with Crippen molar-refractivity contribution in [2.75, 3.05) is 0 Å². The second-order valence-corrected chi connectivity index (χ2v) is 7.53. The summed E-state index contributed by atoms with van der Waals surface area (Å²) in [4.78, 5) is 18.9. The van der Waals surface area contributed by atoms with Crippen LogP contribution in [0.3, 0.4) is 0 Å². The molecule has 7 nitrogen and oxygen atoms in total. The third-order valence-electron chi connectivity index (χ3n) is 5.43. The molecule has 0 bridgehead atoms. The van der Waals surface area contributed by atoms with Crippen LogP contribution >= 0.6 is 0 Å². The number of hydrogen-bond donors (Lipinski definition) is 1. The SMILES string of the molecule is Cc1ccc(C2CC3C(=O)N(Cc4nc(-c5ccc(F)cc5)no4)C=CN3N2)cc1. The summed E-state index contributed by atoms with van der Waals surface area (Å²) in [5, 5.41) is 5.80. The molecule has 0 saturated carbocycles. The lowest BCUT2D eigenvalue weighted by Crippen LogP contribution is -2.47. The molecule has 0 spiro atoms. The topological polar surface area (TPSA) is 74.5 Å². The number of nitrogens with zero attached hydrogens (tertiary/aromatic N) is 4. The number of carbonyl (C=O) groups is 1. The molecule has 5 rings (SSSR count). The second-order valence-electron chi connectivity index (χ2n) is 7.53. The van der Waals surface area contributed by atoms with Gasteiger partial charge in [-0.15, -0.1) is 0 Å². The van der Waals surface area contributed by atoms with Gasteiger partial charge in [-0.3, -0.25) is 4.79 Å². The summed E-state index contributed by atoms with van der Waals surface area (Å²) in [6, 6.07) is 14.0. The van der Waals surface area contributed by atoms with E-state index >= 15 is 0 Å². The maximum atomic E-state index is 13.1. The Labute approximate surface area is 172 Å². The highest BCUT2D eigenvalue weighted by atomic mass is 19.1. The lowest BCUT2D eigenvalue weighted by atomic mass is 10.00. The average Bonchev–Trinajstić information content (AvgIpc) is 3.39. The van der Waals surface area contributed by atoms with Gasteiger partial charge in [0.2, 0.25) is 11.7 Å². The standard InChI is InChI=1S/C22H20FN5O2/c1-14-2-4-15(5-3-14)18-12-19-22(29)27(10-11-28(19)25-18)13-20-24-21(26-30-20)16-6-8-17(23)9-7-16/h2-11,18-19,25H,12-13H2,1H3. The van der Waals surface area contributed by atoms with E-state index in [-0.39, 0.29) is 30.4 Å². The predicted molar refractivity (Wildman–Crippen MR) is 107 cm³/mol. The second kappa shape index (κ2) is 7.38. The van der Waals surface area contributed by atoms with Gasteiger partial charge in [0.15, 0.2) is 0 Å². The Morgan fingerprint density at radius 2 is 1.90 bits per heavy atom. The molecule has 0 aliphatic carbocycles. The lowest BCUT2D eigenvalue weighted by Gasteiger charge is -2.30. The first-order valence-corrected chi connectivity index (χ1v) is 9.75. The van der Waals surface area contributed by atoms with Crippen LogP contribution < -0.4 is 5.43 Å². The Kier molecular flexibility index (Phi) is 4.55. The number of nitrogens with one attached hydrogen (secondary N) is 1. The van der Waals surface area contributed by atoms with Crippen LogP contribution in [0.4, 0.5) is 4.39 Å². The van der Waals surface area contributed by atoms with Crippen LogP contribution in [0.1, 0.15) is 29.5 Å². The first kappa shape index (κ1) is 18.5. The Morgan fingerprint density at radius 1 is 1.13 bits per heavy atom. The molecule has 3 heterocycles. The number of aromatic nitrogens is 2. The molecule has 2 aromatic carbocycles. The summed E-state index contributed by atoms with van der Waals surface area (Å²) < 4.78 is 18.4. The summed E-state index contributed by atoms with van der Waals surface area (Å²) in [6.07, 6.45) is 4.25. The van der Waals surface area contributed by atoms with Gasteiger partial charge in [0.05, 0.1) is 6.04 Å². The fourth-order valence-corrected chi connectivity index (χ4v) is 3.76. The van der Waals surface area contributed by atoms with Gasteiger partial charge in [-0.2, -0.15) is 4.98 Å². The summed E-state index contributed by atoms with van der Waals surface area (Å²) in [5.74, 6) is 0.329. The van der Waals surface area contributed by atoms with E-state index in [1.54, 1.807) is 23.2 Å². The molecule has 1 N–H and O–H groups in total. The smallest absolute Gasteiger partial charge is 0.251 e. The van der Waals surface area contributed by atoms with Gasteiger partial charge in [0.25, 0.3) is 5.91 Å². The third kappa shape index (κ3) is 3.46. The Balaban J connectivity index is 1.28. The lowest BCUT2D eigenvalue weighted by molar-refractivity contribution is -0.135. The number of rotatable bonds is 4. The van der Waals surface area contributed by atoms with Gasteiger partial charge < -0.3 is 14.4 Å². The van der Waals surface area contributed by atoms with Gasteiger partial charge in [0.1, 0.15) is 18.4 Å². The van der Waals surface area contributed by atoms with Gasteiger partial charge in [0, 0.05) is 18.0 Å². The monoisotopic (exact) mass is 405 g/mol. The van der Waals surface area contributed by atoms with Crippen molar-refractivity contribution in [3.8, 4) is 11.4 Å². The molecular weight excluding hydrogens is 385 g/mol. The molecule has 152 valence electrons. The molecule has 0 radical (unpaired) electrons. The molecule has 1 aromatic heterocycles. The molecule has 30 heavy (non-hydrogen) atoms.